The summed E-state index contributed by atoms with van der Waals surface area (Å²) in [5.41, 5.74) is 2.41. The van der Waals surface area contributed by atoms with Crippen molar-refractivity contribution in [1.82, 2.24) is 0 Å². The molecule has 37 heavy (non-hydrogen) atoms. The molecule has 1 saturated carbocycles. The molecule has 0 spiro atoms. The Labute approximate surface area is 231 Å². The van der Waals surface area contributed by atoms with Gasteiger partial charge in [-0.15, -0.1) is 0 Å². The quantitative estimate of drug-likeness (QED) is 0.475. The van der Waals surface area contributed by atoms with Gasteiger partial charge in [0.2, 0.25) is 0 Å². The number of carboxylic acid groups (broad SMARTS) is 3. The second-order valence-electron chi connectivity index (χ2n) is 8.12. The molecule has 186 valence electrons. The van der Waals surface area contributed by atoms with E-state index in [4.69, 9.17) is 0 Å². The molecule has 0 bridgehead atoms. The summed E-state index contributed by atoms with van der Waals surface area (Å²) in [6.07, 6.45) is 11.1. The number of hydrogen-bond acceptors (Lipinski definition) is 6. The fraction of sp³-hybridized carbons (Fsp3) is 0.167. The number of allylic oxidation sites excluding steroid dienone is 4. The molecule has 2 aliphatic carbocycles. The van der Waals surface area contributed by atoms with Gasteiger partial charge >= 0.3 is 77.3 Å². The average Bonchev–Trinajstić information content (AvgIpc) is 3.32. The van der Waals surface area contributed by atoms with Gasteiger partial charge in [0.25, 0.3) is 0 Å². The van der Waals surface area contributed by atoms with Gasteiger partial charge in [0.15, 0.2) is 0 Å². The molecule has 6 nitrogen and oxygen atoms in total. The first-order valence-electron chi connectivity index (χ1n) is 11.7. The Kier molecular flexibility index (Phi) is 13.0. The summed E-state index contributed by atoms with van der Waals surface area (Å²) in [5, 5.41) is 30.3. The van der Waals surface area contributed by atoms with Crippen LogP contribution in [0.1, 0.15) is 50.3 Å². The molecule has 0 saturated heterocycles. The van der Waals surface area contributed by atoms with Crippen molar-refractivity contribution in [3.05, 3.63) is 131 Å². The van der Waals surface area contributed by atoms with Gasteiger partial charge in [0.05, 0.1) is 17.9 Å². The molecule has 0 aromatic heterocycles. The number of carbonyl (C=O) groups excluding carboxylic acids is 3. The van der Waals surface area contributed by atoms with Crippen LogP contribution in [0.2, 0.25) is 3.63 Å². The Morgan fingerprint density at radius 2 is 1.00 bits per heavy atom. The van der Waals surface area contributed by atoms with Crippen molar-refractivity contribution in [2.24, 2.45) is 5.92 Å². The zero-order valence-corrected chi connectivity index (χ0v) is 22.6. The molecule has 3 aromatic carbocycles. The average molecular weight is 574 g/mol. The Morgan fingerprint density at radius 3 is 1.30 bits per heavy atom. The van der Waals surface area contributed by atoms with Crippen LogP contribution in [0.15, 0.2) is 115 Å². The predicted molar refractivity (Wildman–Crippen MR) is 131 cm³/mol. The fourth-order valence-electron chi connectivity index (χ4n) is 3.64. The number of aromatic carboxylic acids is 3. The van der Waals surface area contributed by atoms with E-state index >= 15 is 0 Å². The SMILES string of the molecule is O=C([O-])c1ccccc1.O=C([O-])c1ccccc1.O=C([O-])c1ccccc1.[Zr+3][CH]1CCC2CC=CC=C12. The molecular formula is C30H26O6Zr. The van der Waals surface area contributed by atoms with Crippen LogP contribution >= 0.6 is 0 Å². The van der Waals surface area contributed by atoms with E-state index in [0.717, 1.165) is 9.54 Å². The molecular weight excluding hydrogens is 548 g/mol. The van der Waals surface area contributed by atoms with Gasteiger partial charge < -0.3 is 29.7 Å². The van der Waals surface area contributed by atoms with Crippen LogP contribution < -0.4 is 15.3 Å². The molecule has 1 fully saturated rings. The van der Waals surface area contributed by atoms with Crippen molar-refractivity contribution in [2.45, 2.75) is 22.9 Å². The van der Waals surface area contributed by atoms with E-state index in [1.54, 1.807) is 84.9 Å². The van der Waals surface area contributed by atoms with Crippen molar-refractivity contribution >= 4 is 17.9 Å². The summed E-state index contributed by atoms with van der Waals surface area (Å²) in [7, 11) is 0. The van der Waals surface area contributed by atoms with Crippen molar-refractivity contribution in [3.63, 3.8) is 0 Å². The van der Waals surface area contributed by atoms with Crippen LogP contribution in [-0.4, -0.2) is 17.9 Å². The molecule has 7 heteroatoms. The van der Waals surface area contributed by atoms with Crippen LogP contribution in [0.4, 0.5) is 0 Å². The predicted octanol–water partition coefficient (Wildman–Crippen LogP) is 2.77. The molecule has 2 aliphatic rings. The molecule has 0 radical (unpaired) electrons. The normalized spacial score (nSPS) is 16.6. The molecule has 0 aliphatic heterocycles. The third-order valence-electron chi connectivity index (χ3n) is 5.55. The topological polar surface area (TPSA) is 120 Å². The van der Waals surface area contributed by atoms with Gasteiger partial charge in [-0.05, 0) is 16.7 Å². The van der Waals surface area contributed by atoms with Gasteiger partial charge in [-0.1, -0.05) is 91.0 Å². The molecule has 2 unspecified atom stereocenters. The Bertz CT molecular complexity index is 1070. The number of carbonyl (C=O) groups is 3. The van der Waals surface area contributed by atoms with Crippen molar-refractivity contribution in [3.8, 4) is 0 Å². The molecule has 2 atom stereocenters. The zero-order valence-electron chi connectivity index (χ0n) is 20.1. The minimum absolute atomic E-state index is 0.220. The van der Waals surface area contributed by atoms with Gasteiger partial charge in [-0.2, -0.15) is 0 Å². The Hall–Kier alpha value is -3.57. The third-order valence-corrected chi connectivity index (χ3v) is 7.08. The standard InChI is InChI=1S/C9H11.3C7H6O2.Zr/c1-2-5-9-7-3-6-8(9)4-1;3*8-7(9)6-4-2-1-3-5-6;/h1-2,4,6,9H,3,5,7H2;3*1-5H,(H,8,9);/q;;;;+3/p-3. The van der Waals surface area contributed by atoms with Gasteiger partial charge in [-0.25, -0.2) is 0 Å². The maximum absolute atomic E-state index is 10.1. The summed E-state index contributed by atoms with van der Waals surface area (Å²) in [4.78, 5) is 30.3. The molecule has 3 aromatic rings. The summed E-state index contributed by atoms with van der Waals surface area (Å²) >= 11 is 1.72. The molecule has 5 rings (SSSR count). The maximum atomic E-state index is 10.1. The number of rotatable bonds is 3. The third kappa shape index (κ3) is 10.9. The van der Waals surface area contributed by atoms with E-state index in [-0.39, 0.29) is 16.7 Å². The molecule has 0 N–H and O–H groups in total. The van der Waals surface area contributed by atoms with E-state index < -0.39 is 17.9 Å². The van der Waals surface area contributed by atoms with Crippen LogP contribution in [0.3, 0.4) is 0 Å². The van der Waals surface area contributed by atoms with Crippen LogP contribution in [0, 0.1) is 5.92 Å². The van der Waals surface area contributed by atoms with Gasteiger partial charge in [-0.3, -0.25) is 0 Å². The van der Waals surface area contributed by atoms with E-state index in [2.05, 4.69) is 18.2 Å². The molecule has 0 amide bonds. The Balaban J connectivity index is 0.000000174. The van der Waals surface area contributed by atoms with E-state index in [1.807, 2.05) is 0 Å². The summed E-state index contributed by atoms with van der Waals surface area (Å²) < 4.78 is 0.960. The first kappa shape index (κ1) is 29.7. The summed E-state index contributed by atoms with van der Waals surface area (Å²) in [6, 6.07) is 24.2. The Morgan fingerprint density at radius 1 is 0.622 bits per heavy atom. The number of benzene rings is 3. The number of carboxylic acids is 3. The first-order valence-corrected chi connectivity index (χ1v) is 13.1. The first-order chi connectivity index (χ1) is 17.8. The fourth-order valence-corrected chi connectivity index (χ4v) is 4.86. The van der Waals surface area contributed by atoms with Crippen molar-refractivity contribution < 1.29 is 54.4 Å². The second kappa shape index (κ2) is 16.2. The van der Waals surface area contributed by atoms with Crippen molar-refractivity contribution in [2.75, 3.05) is 0 Å². The number of fused-ring (bicyclic) bond motifs is 1. The second-order valence-corrected chi connectivity index (χ2v) is 9.83. The van der Waals surface area contributed by atoms with Gasteiger partial charge in [0, 0.05) is 0 Å². The van der Waals surface area contributed by atoms with E-state index in [9.17, 15) is 29.7 Å². The monoisotopic (exact) mass is 572 g/mol. The zero-order chi connectivity index (χ0) is 27.0. The minimum atomic E-state index is -1.13. The van der Waals surface area contributed by atoms with E-state index in [0.29, 0.717) is 0 Å². The van der Waals surface area contributed by atoms with Crippen LogP contribution in [-0.2, 0) is 24.7 Å². The van der Waals surface area contributed by atoms with E-state index in [1.165, 1.54) is 55.7 Å². The summed E-state index contributed by atoms with van der Waals surface area (Å²) in [6.45, 7) is 0. The van der Waals surface area contributed by atoms with Crippen molar-refractivity contribution in [1.29, 1.82) is 0 Å². The molecule has 0 heterocycles. The van der Waals surface area contributed by atoms with Crippen LogP contribution in [0.25, 0.3) is 0 Å². The van der Waals surface area contributed by atoms with Gasteiger partial charge in [0.1, 0.15) is 0 Å². The van der Waals surface area contributed by atoms with Crippen LogP contribution in [0.5, 0.6) is 0 Å². The summed E-state index contributed by atoms with van der Waals surface area (Å²) in [5.74, 6) is -2.45. The number of hydrogen-bond donors (Lipinski definition) is 0.